The van der Waals surface area contributed by atoms with Crippen molar-refractivity contribution in [2.24, 2.45) is 0 Å². The molecule has 0 unspecified atom stereocenters. The summed E-state index contributed by atoms with van der Waals surface area (Å²) in [6.07, 6.45) is -5.23. The summed E-state index contributed by atoms with van der Waals surface area (Å²) in [6.45, 7) is 2.81. The summed E-state index contributed by atoms with van der Waals surface area (Å²) in [7, 11) is 1.47. The molecular weight excluding hydrogens is 403 g/mol. The highest BCUT2D eigenvalue weighted by Crippen LogP contribution is 2.42. The Hall–Kier alpha value is -2.36. The summed E-state index contributed by atoms with van der Waals surface area (Å²) < 4.78 is 44.3. The second-order valence-corrected chi connectivity index (χ2v) is 7.34. The number of aliphatic hydroxyl groups is 1. The van der Waals surface area contributed by atoms with Gasteiger partial charge in [0.15, 0.2) is 6.10 Å². The van der Waals surface area contributed by atoms with Crippen LogP contribution >= 0.6 is 0 Å². The van der Waals surface area contributed by atoms with Crippen LogP contribution in [0.4, 0.5) is 13.2 Å². The molecule has 7 nitrogen and oxygen atoms in total. The van der Waals surface area contributed by atoms with E-state index in [1.165, 1.54) is 13.1 Å². The van der Waals surface area contributed by atoms with E-state index >= 15 is 0 Å². The largest absolute Gasteiger partial charge is 0.465 e. The van der Waals surface area contributed by atoms with Crippen LogP contribution < -0.4 is 15.4 Å². The van der Waals surface area contributed by atoms with E-state index in [0.717, 1.165) is 12.8 Å². The van der Waals surface area contributed by atoms with Gasteiger partial charge in [-0.15, -0.1) is 0 Å². The van der Waals surface area contributed by atoms with Gasteiger partial charge in [-0.05, 0) is 37.2 Å². The Morgan fingerprint density at radius 1 is 1.27 bits per heavy atom. The van der Waals surface area contributed by atoms with Crippen molar-refractivity contribution >= 4 is 11.8 Å². The smallest absolute Gasteiger partial charge is 0.425 e. The molecule has 0 radical (unpaired) electrons. The molecule has 1 aromatic heterocycles. The zero-order chi connectivity index (χ0) is 22.5. The van der Waals surface area contributed by atoms with Gasteiger partial charge in [-0.3, -0.25) is 9.59 Å². The molecule has 0 aliphatic heterocycles. The van der Waals surface area contributed by atoms with E-state index in [0.29, 0.717) is 18.4 Å². The van der Waals surface area contributed by atoms with Crippen molar-refractivity contribution in [2.45, 2.75) is 69.7 Å². The van der Waals surface area contributed by atoms with Crippen molar-refractivity contribution in [3.63, 3.8) is 0 Å². The predicted octanol–water partition coefficient (Wildman–Crippen LogP) is 2.69. The molecule has 2 rings (SSSR count). The first-order chi connectivity index (χ1) is 14.1. The Morgan fingerprint density at radius 2 is 1.90 bits per heavy atom. The molecule has 1 aromatic rings. The first-order valence-corrected chi connectivity index (χ1v) is 10.0. The summed E-state index contributed by atoms with van der Waals surface area (Å²) in [5.41, 5.74) is -0.588. The average Bonchev–Trinajstić information content (AvgIpc) is 3.55. The van der Waals surface area contributed by atoms with Gasteiger partial charge in [0, 0.05) is 26.1 Å². The van der Waals surface area contributed by atoms with Crippen molar-refractivity contribution in [2.75, 3.05) is 13.7 Å². The second-order valence-electron chi connectivity index (χ2n) is 7.34. The van der Waals surface area contributed by atoms with Crippen LogP contribution in [0.2, 0.25) is 0 Å². The molecule has 0 spiro atoms. The van der Waals surface area contributed by atoms with E-state index in [1.807, 2.05) is 0 Å². The first-order valence-electron chi connectivity index (χ1n) is 10.0. The normalized spacial score (nSPS) is 15.4. The Bertz CT molecular complexity index is 762. The van der Waals surface area contributed by atoms with Crippen LogP contribution in [0.5, 0.6) is 5.88 Å². The Balaban J connectivity index is 2.36. The van der Waals surface area contributed by atoms with Gasteiger partial charge in [0.1, 0.15) is 11.2 Å². The quantitative estimate of drug-likeness (QED) is 0.529. The molecule has 0 saturated heterocycles. The second kappa shape index (κ2) is 9.63. The SMILES string of the molecule is CCC(CC)(NC(=O)c1nc(O[C@@H](CCO)C(F)(F)F)ccc1C1CC1)C(=O)NC. The molecule has 1 aliphatic rings. The number of ether oxygens (including phenoxy) is 1. The van der Waals surface area contributed by atoms with Gasteiger partial charge in [-0.1, -0.05) is 19.9 Å². The lowest BCUT2D eigenvalue weighted by Gasteiger charge is -2.31. The predicted molar refractivity (Wildman–Crippen MR) is 103 cm³/mol. The number of halogens is 3. The lowest BCUT2D eigenvalue weighted by molar-refractivity contribution is -0.199. The van der Waals surface area contributed by atoms with Crippen LogP contribution in [0.15, 0.2) is 12.1 Å². The summed E-state index contributed by atoms with van der Waals surface area (Å²) in [4.78, 5) is 29.5. The fourth-order valence-electron chi connectivity index (χ4n) is 3.30. The summed E-state index contributed by atoms with van der Waals surface area (Å²) in [6, 6.07) is 2.84. The molecule has 1 fully saturated rings. The number of hydrogen-bond acceptors (Lipinski definition) is 5. The van der Waals surface area contributed by atoms with Crippen molar-refractivity contribution in [1.29, 1.82) is 0 Å². The van der Waals surface area contributed by atoms with Crippen molar-refractivity contribution in [3.05, 3.63) is 23.4 Å². The van der Waals surface area contributed by atoms with Crippen molar-refractivity contribution in [3.8, 4) is 5.88 Å². The zero-order valence-electron chi connectivity index (χ0n) is 17.3. The third kappa shape index (κ3) is 5.41. The topological polar surface area (TPSA) is 101 Å². The Morgan fingerprint density at radius 3 is 2.37 bits per heavy atom. The van der Waals surface area contributed by atoms with Crippen molar-refractivity contribution in [1.82, 2.24) is 15.6 Å². The number of carbonyl (C=O) groups excluding carboxylic acids is 2. The third-order valence-electron chi connectivity index (χ3n) is 5.37. The number of carbonyl (C=O) groups is 2. The van der Waals surface area contributed by atoms with Gasteiger partial charge in [0.05, 0.1) is 0 Å². The van der Waals surface area contributed by atoms with E-state index in [9.17, 15) is 22.8 Å². The summed E-state index contributed by atoms with van der Waals surface area (Å²) in [5, 5.41) is 14.2. The van der Waals surface area contributed by atoms with Crippen LogP contribution in [0.3, 0.4) is 0 Å². The molecular formula is C20H28F3N3O4. The van der Waals surface area contributed by atoms with Crippen LogP contribution in [-0.4, -0.2) is 53.4 Å². The highest BCUT2D eigenvalue weighted by molar-refractivity contribution is 5.99. The molecule has 0 aromatic carbocycles. The number of alkyl halides is 3. The number of nitrogens with zero attached hydrogens (tertiary/aromatic N) is 1. The molecule has 3 N–H and O–H groups in total. The lowest BCUT2D eigenvalue weighted by atomic mass is 9.91. The number of rotatable bonds is 10. The van der Waals surface area contributed by atoms with Gasteiger partial charge in [0.2, 0.25) is 11.8 Å². The van der Waals surface area contributed by atoms with Gasteiger partial charge < -0.3 is 20.5 Å². The van der Waals surface area contributed by atoms with E-state index in [-0.39, 0.29) is 23.4 Å². The summed E-state index contributed by atoms with van der Waals surface area (Å²) in [5.74, 6) is -1.26. The standard InChI is InChI=1S/C20H28F3N3O4/c1-4-19(5-2,18(29)24-3)26-17(28)16-13(12-6-7-12)8-9-15(25-16)30-14(10-11-27)20(21,22)23/h8-9,12,14,27H,4-7,10-11H2,1-3H3,(H,24,29)(H,26,28)/t14-/m0/s1. The maximum absolute atomic E-state index is 13.1. The van der Waals surface area contributed by atoms with E-state index < -0.39 is 36.8 Å². The average molecular weight is 431 g/mol. The molecule has 1 atom stereocenters. The minimum absolute atomic E-state index is 0.0462. The number of aromatic nitrogens is 1. The Kier molecular flexibility index (Phi) is 7.68. The minimum atomic E-state index is -4.69. The molecule has 10 heteroatoms. The maximum atomic E-state index is 13.1. The van der Waals surface area contributed by atoms with Gasteiger partial charge >= 0.3 is 6.18 Å². The molecule has 0 bridgehead atoms. The van der Waals surface area contributed by atoms with E-state index in [1.54, 1.807) is 19.9 Å². The van der Waals surface area contributed by atoms with Crippen LogP contribution in [0.25, 0.3) is 0 Å². The highest BCUT2D eigenvalue weighted by Gasteiger charge is 2.42. The van der Waals surface area contributed by atoms with Gasteiger partial charge in [0.25, 0.3) is 5.91 Å². The van der Waals surface area contributed by atoms with Gasteiger partial charge in [-0.25, -0.2) is 4.98 Å². The number of pyridine rings is 1. The minimum Gasteiger partial charge on any atom is -0.465 e. The van der Waals surface area contributed by atoms with Crippen molar-refractivity contribution < 1.29 is 32.6 Å². The maximum Gasteiger partial charge on any atom is 0.425 e. The van der Waals surface area contributed by atoms with Crippen LogP contribution in [-0.2, 0) is 4.79 Å². The molecule has 168 valence electrons. The molecule has 1 aliphatic carbocycles. The van der Waals surface area contributed by atoms with E-state index in [4.69, 9.17) is 9.84 Å². The van der Waals surface area contributed by atoms with Crippen LogP contribution in [0.1, 0.15) is 67.9 Å². The fourth-order valence-corrected chi connectivity index (χ4v) is 3.30. The molecule has 30 heavy (non-hydrogen) atoms. The van der Waals surface area contributed by atoms with E-state index in [2.05, 4.69) is 15.6 Å². The van der Waals surface area contributed by atoms with Gasteiger partial charge in [-0.2, -0.15) is 13.2 Å². The molecule has 1 saturated carbocycles. The third-order valence-corrected chi connectivity index (χ3v) is 5.37. The zero-order valence-corrected chi connectivity index (χ0v) is 17.3. The molecule has 2 amide bonds. The lowest BCUT2D eigenvalue weighted by Crippen LogP contribution is -2.57. The summed E-state index contributed by atoms with van der Waals surface area (Å²) >= 11 is 0. The molecule has 1 heterocycles. The number of likely N-dealkylation sites (N-methyl/N-ethyl adjacent to an activating group) is 1. The monoisotopic (exact) mass is 431 g/mol. The number of aliphatic hydroxyl groups excluding tert-OH is 1. The number of amides is 2. The fraction of sp³-hybridized carbons (Fsp3) is 0.650. The first kappa shape index (κ1) is 23.9. The van der Waals surface area contributed by atoms with Crippen LogP contribution in [0, 0.1) is 0 Å². The Labute approximate surface area is 173 Å². The highest BCUT2D eigenvalue weighted by atomic mass is 19.4. The number of hydrogen-bond donors (Lipinski definition) is 3. The number of nitrogens with one attached hydrogen (secondary N) is 2.